The van der Waals surface area contributed by atoms with Gasteiger partial charge < -0.3 is 10.4 Å². The molecule has 2 N–H and O–H groups in total. The molecule has 2 atom stereocenters. The molecule has 0 aliphatic carbocycles. The lowest BCUT2D eigenvalue weighted by Crippen LogP contribution is -2.14. The van der Waals surface area contributed by atoms with Crippen molar-refractivity contribution in [1.82, 2.24) is 0 Å². The zero-order chi connectivity index (χ0) is 17.6. The molecule has 0 aliphatic rings. The first-order chi connectivity index (χ1) is 12.1. The summed E-state index contributed by atoms with van der Waals surface area (Å²) in [5.74, 6) is -0.267. The topological polar surface area (TPSA) is 32.3 Å². The van der Waals surface area contributed by atoms with Gasteiger partial charge in [0.05, 0.1) is 12.1 Å². The van der Waals surface area contributed by atoms with Gasteiger partial charge in [-0.15, -0.1) is 0 Å². The maximum absolute atomic E-state index is 13.1. The summed E-state index contributed by atoms with van der Waals surface area (Å²) >= 11 is 3.41. The van der Waals surface area contributed by atoms with E-state index in [1.54, 1.807) is 12.1 Å². The molecule has 0 saturated heterocycles. The molecule has 0 bridgehead atoms. The fourth-order valence-corrected chi connectivity index (χ4v) is 3.02. The number of aliphatic hydroxyl groups is 1. The molecule has 0 aliphatic heterocycles. The summed E-state index contributed by atoms with van der Waals surface area (Å²) in [6.45, 7) is 0. The van der Waals surface area contributed by atoms with Gasteiger partial charge in [-0.05, 0) is 47.5 Å². The molecule has 25 heavy (non-hydrogen) atoms. The third-order valence-electron chi connectivity index (χ3n) is 4.10. The van der Waals surface area contributed by atoms with Crippen molar-refractivity contribution in [3.8, 4) is 0 Å². The Hall–Kier alpha value is -2.17. The Balaban J connectivity index is 1.81. The van der Waals surface area contributed by atoms with Gasteiger partial charge >= 0.3 is 0 Å². The summed E-state index contributed by atoms with van der Waals surface area (Å²) in [6, 6.07) is 23.8. The highest BCUT2D eigenvalue weighted by Gasteiger charge is 2.18. The lowest BCUT2D eigenvalue weighted by atomic mass is 9.96. The average molecular weight is 400 g/mol. The summed E-state index contributed by atoms with van der Waals surface area (Å²) in [5.41, 5.74) is 2.76. The van der Waals surface area contributed by atoms with Crippen molar-refractivity contribution in [2.45, 2.75) is 18.6 Å². The molecule has 0 radical (unpaired) electrons. The summed E-state index contributed by atoms with van der Waals surface area (Å²) in [5, 5.41) is 14.0. The van der Waals surface area contributed by atoms with E-state index in [9.17, 15) is 9.50 Å². The van der Waals surface area contributed by atoms with Gasteiger partial charge in [-0.1, -0.05) is 58.4 Å². The molecule has 4 heteroatoms. The monoisotopic (exact) mass is 399 g/mol. The molecular formula is C21H19BrFNO. The van der Waals surface area contributed by atoms with E-state index in [0.717, 1.165) is 21.3 Å². The van der Waals surface area contributed by atoms with Crippen LogP contribution in [0.1, 0.15) is 29.7 Å². The molecule has 2 unspecified atom stereocenters. The second-order valence-electron chi connectivity index (χ2n) is 5.92. The second-order valence-corrected chi connectivity index (χ2v) is 6.83. The van der Waals surface area contributed by atoms with E-state index < -0.39 is 6.10 Å². The number of nitrogens with one attached hydrogen (secondary N) is 1. The summed E-state index contributed by atoms with van der Waals surface area (Å²) in [4.78, 5) is 0. The maximum atomic E-state index is 13.1. The standard InChI is InChI=1S/C21H19BrFNO/c22-17-8-6-16(7-9-17)21(25)14-20(15-4-2-1-3-5-15)24-19-12-10-18(23)11-13-19/h1-13,20-21,24-25H,14H2. The van der Waals surface area contributed by atoms with Gasteiger partial charge in [0.1, 0.15) is 5.82 Å². The predicted molar refractivity (Wildman–Crippen MR) is 103 cm³/mol. The van der Waals surface area contributed by atoms with Crippen LogP contribution in [0.5, 0.6) is 0 Å². The highest BCUT2D eigenvalue weighted by atomic mass is 79.9. The first-order valence-electron chi connectivity index (χ1n) is 8.12. The Morgan fingerprint density at radius 1 is 0.840 bits per heavy atom. The molecule has 3 aromatic carbocycles. The van der Waals surface area contributed by atoms with Crippen molar-refractivity contribution < 1.29 is 9.50 Å². The number of benzene rings is 3. The molecule has 3 aromatic rings. The van der Waals surface area contributed by atoms with Gasteiger partial charge in [0.15, 0.2) is 0 Å². The molecule has 0 fully saturated rings. The molecule has 2 nitrogen and oxygen atoms in total. The lowest BCUT2D eigenvalue weighted by molar-refractivity contribution is 0.160. The first kappa shape index (κ1) is 17.6. The Kier molecular flexibility index (Phi) is 5.84. The van der Waals surface area contributed by atoms with E-state index in [0.29, 0.717) is 6.42 Å². The van der Waals surface area contributed by atoms with Gasteiger partial charge in [0, 0.05) is 16.6 Å². The predicted octanol–water partition coefficient (Wildman–Crippen LogP) is 5.87. The summed E-state index contributed by atoms with van der Waals surface area (Å²) in [6.07, 6.45) is -0.102. The van der Waals surface area contributed by atoms with Gasteiger partial charge in [-0.3, -0.25) is 0 Å². The number of anilines is 1. The normalized spacial score (nSPS) is 13.2. The van der Waals surface area contributed by atoms with Crippen LogP contribution in [0.2, 0.25) is 0 Å². The molecule has 0 spiro atoms. The fourth-order valence-electron chi connectivity index (χ4n) is 2.76. The van der Waals surface area contributed by atoms with Gasteiger partial charge in [-0.25, -0.2) is 4.39 Å². The SMILES string of the molecule is OC(CC(Nc1ccc(F)cc1)c1ccccc1)c1ccc(Br)cc1. The Labute approximate surface area is 155 Å². The molecule has 0 aromatic heterocycles. The van der Waals surface area contributed by atoms with Crippen molar-refractivity contribution in [3.63, 3.8) is 0 Å². The van der Waals surface area contributed by atoms with Crippen LogP contribution in [-0.2, 0) is 0 Å². The average Bonchev–Trinajstić information content (AvgIpc) is 2.64. The molecule has 0 heterocycles. The van der Waals surface area contributed by atoms with Gasteiger partial charge in [0.25, 0.3) is 0 Å². The number of rotatable bonds is 6. The van der Waals surface area contributed by atoms with Crippen LogP contribution < -0.4 is 5.32 Å². The number of halogens is 2. The minimum atomic E-state index is -0.605. The molecule has 0 saturated carbocycles. The van der Waals surface area contributed by atoms with E-state index in [1.807, 2.05) is 54.6 Å². The first-order valence-corrected chi connectivity index (χ1v) is 8.92. The number of hydrogen-bond acceptors (Lipinski definition) is 2. The smallest absolute Gasteiger partial charge is 0.123 e. The van der Waals surface area contributed by atoms with Crippen LogP contribution >= 0.6 is 15.9 Å². The maximum Gasteiger partial charge on any atom is 0.123 e. The molecule has 3 rings (SSSR count). The minimum absolute atomic E-state index is 0.0923. The third-order valence-corrected chi connectivity index (χ3v) is 4.63. The van der Waals surface area contributed by atoms with Crippen LogP contribution in [-0.4, -0.2) is 5.11 Å². The van der Waals surface area contributed by atoms with Gasteiger partial charge in [-0.2, -0.15) is 0 Å². The van der Waals surface area contributed by atoms with E-state index >= 15 is 0 Å². The highest BCUT2D eigenvalue weighted by Crippen LogP contribution is 2.30. The quantitative estimate of drug-likeness (QED) is 0.543. The van der Waals surface area contributed by atoms with E-state index in [-0.39, 0.29) is 11.9 Å². The second kappa shape index (κ2) is 8.28. The highest BCUT2D eigenvalue weighted by molar-refractivity contribution is 9.10. The number of hydrogen-bond donors (Lipinski definition) is 2. The van der Waals surface area contributed by atoms with E-state index in [4.69, 9.17) is 0 Å². The van der Waals surface area contributed by atoms with Crippen molar-refractivity contribution >= 4 is 21.6 Å². The van der Waals surface area contributed by atoms with Crippen molar-refractivity contribution in [2.75, 3.05) is 5.32 Å². The lowest BCUT2D eigenvalue weighted by Gasteiger charge is -2.23. The van der Waals surface area contributed by atoms with Gasteiger partial charge in [0.2, 0.25) is 0 Å². The Morgan fingerprint density at radius 3 is 2.12 bits per heavy atom. The zero-order valence-corrected chi connectivity index (χ0v) is 15.2. The van der Waals surface area contributed by atoms with Crippen LogP contribution in [0.15, 0.2) is 83.3 Å². The molecular weight excluding hydrogens is 381 g/mol. The van der Waals surface area contributed by atoms with E-state index in [2.05, 4.69) is 21.2 Å². The van der Waals surface area contributed by atoms with Crippen molar-refractivity contribution in [1.29, 1.82) is 0 Å². The van der Waals surface area contributed by atoms with Crippen molar-refractivity contribution in [2.24, 2.45) is 0 Å². The minimum Gasteiger partial charge on any atom is -0.388 e. The summed E-state index contributed by atoms with van der Waals surface area (Å²) < 4.78 is 14.1. The Morgan fingerprint density at radius 2 is 1.48 bits per heavy atom. The van der Waals surface area contributed by atoms with Crippen LogP contribution in [0.25, 0.3) is 0 Å². The van der Waals surface area contributed by atoms with Crippen LogP contribution in [0.4, 0.5) is 10.1 Å². The largest absolute Gasteiger partial charge is 0.388 e. The van der Waals surface area contributed by atoms with Crippen LogP contribution in [0, 0.1) is 5.82 Å². The molecule has 0 amide bonds. The zero-order valence-electron chi connectivity index (χ0n) is 13.6. The number of aliphatic hydroxyl groups excluding tert-OH is 1. The Bertz CT molecular complexity index is 790. The third kappa shape index (κ3) is 4.91. The fraction of sp³-hybridized carbons (Fsp3) is 0.143. The summed E-state index contributed by atoms with van der Waals surface area (Å²) in [7, 11) is 0. The van der Waals surface area contributed by atoms with E-state index in [1.165, 1.54) is 12.1 Å². The molecule has 128 valence electrons. The van der Waals surface area contributed by atoms with Crippen LogP contribution in [0.3, 0.4) is 0 Å². The van der Waals surface area contributed by atoms with Crippen molar-refractivity contribution in [3.05, 3.63) is 100 Å².